The van der Waals surface area contributed by atoms with Gasteiger partial charge in [0.05, 0.1) is 23.3 Å². The number of hydrogen-bond acceptors (Lipinski definition) is 6. The van der Waals surface area contributed by atoms with Gasteiger partial charge >= 0.3 is 5.97 Å². The molecule has 0 unspecified atom stereocenters. The average Bonchev–Trinajstić information content (AvgIpc) is 3.40. The summed E-state index contributed by atoms with van der Waals surface area (Å²) in [6, 6.07) is 8.18. The van der Waals surface area contributed by atoms with Crippen molar-refractivity contribution in [1.82, 2.24) is 15.1 Å². The fraction of sp³-hybridized carbons (Fsp3) is 0.292. The van der Waals surface area contributed by atoms with E-state index in [1.807, 2.05) is 13.8 Å². The van der Waals surface area contributed by atoms with Gasteiger partial charge in [0, 0.05) is 29.1 Å². The van der Waals surface area contributed by atoms with Crippen LogP contribution in [-0.2, 0) is 16.0 Å². The summed E-state index contributed by atoms with van der Waals surface area (Å²) in [4.78, 5) is 19.1. The predicted molar refractivity (Wildman–Crippen MR) is 123 cm³/mol. The Bertz CT molecular complexity index is 1300. The highest BCUT2D eigenvalue weighted by Gasteiger charge is 2.18. The lowest BCUT2D eigenvalue weighted by Crippen LogP contribution is -2.05. The van der Waals surface area contributed by atoms with Crippen LogP contribution in [0.25, 0.3) is 33.7 Å². The molecule has 33 heavy (non-hydrogen) atoms. The number of nitrogens with zero attached hydrogens (tertiary/aromatic N) is 2. The molecule has 0 spiro atoms. The van der Waals surface area contributed by atoms with Crippen molar-refractivity contribution in [3.63, 3.8) is 0 Å². The number of fused-ring (bicyclic) bond motifs is 1. The number of ether oxygens (including phenoxy) is 2. The maximum atomic E-state index is 15.0. The van der Waals surface area contributed by atoms with E-state index in [9.17, 15) is 9.18 Å². The van der Waals surface area contributed by atoms with Crippen LogP contribution in [0.5, 0.6) is 5.75 Å². The summed E-state index contributed by atoms with van der Waals surface area (Å²) in [6.07, 6.45) is 2.42. The van der Waals surface area contributed by atoms with Crippen LogP contribution in [0.4, 0.5) is 4.39 Å². The number of esters is 1. The summed E-state index contributed by atoms with van der Waals surface area (Å²) in [5.41, 5.74) is 2.32. The zero-order chi connectivity index (χ0) is 23.5. The summed E-state index contributed by atoms with van der Waals surface area (Å²) in [5.74, 6) is 0.102. The van der Waals surface area contributed by atoms with Gasteiger partial charge in [-0.3, -0.25) is 4.79 Å². The Kier molecular flexibility index (Phi) is 6.65. The smallest absolute Gasteiger partial charge is 0.306 e. The molecule has 0 aliphatic rings. The zero-order valence-electron chi connectivity index (χ0n) is 18.4. The quantitative estimate of drug-likeness (QED) is 0.319. The molecule has 1 N–H and O–H groups in total. The number of halogens is 2. The summed E-state index contributed by atoms with van der Waals surface area (Å²) in [5, 5.41) is 5.05. The molecule has 0 atom stereocenters. The minimum atomic E-state index is -0.495. The molecular formula is C24H23ClFN3O4. The highest BCUT2D eigenvalue weighted by Crippen LogP contribution is 2.33. The Morgan fingerprint density at radius 1 is 1.27 bits per heavy atom. The molecule has 0 radical (unpaired) electrons. The number of H-pyrrole nitrogens is 1. The highest BCUT2D eigenvalue weighted by molar-refractivity contribution is 6.32. The molecule has 2 aromatic heterocycles. The van der Waals surface area contributed by atoms with Gasteiger partial charge in [0.1, 0.15) is 11.6 Å². The molecule has 0 aliphatic heterocycles. The second kappa shape index (κ2) is 9.62. The molecule has 0 bridgehead atoms. The van der Waals surface area contributed by atoms with Crippen LogP contribution in [0.2, 0.25) is 5.02 Å². The predicted octanol–water partition coefficient (Wildman–Crippen LogP) is 5.96. The third kappa shape index (κ3) is 5.01. The maximum Gasteiger partial charge on any atom is 0.306 e. The van der Waals surface area contributed by atoms with E-state index in [0.29, 0.717) is 40.3 Å². The lowest BCUT2D eigenvalue weighted by Gasteiger charge is -2.11. The van der Waals surface area contributed by atoms with E-state index in [4.69, 9.17) is 25.6 Å². The van der Waals surface area contributed by atoms with Gasteiger partial charge in [-0.05, 0) is 63.1 Å². The van der Waals surface area contributed by atoms with Gasteiger partial charge < -0.3 is 19.0 Å². The molecular weight excluding hydrogens is 449 g/mol. The lowest BCUT2D eigenvalue weighted by atomic mass is 10.1. The van der Waals surface area contributed by atoms with Crippen molar-refractivity contribution >= 4 is 28.5 Å². The van der Waals surface area contributed by atoms with Crippen molar-refractivity contribution in [3.05, 3.63) is 52.9 Å². The van der Waals surface area contributed by atoms with Gasteiger partial charge in [-0.25, -0.2) is 4.39 Å². The van der Waals surface area contributed by atoms with Gasteiger partial charge in [-0.1, -0.05) is 16.8 Å². The second-order valence-electron chi connectivity index (χ2n) is 7.73. The van der Waals surface area contributed by atoms with E-state index in [1.165, 1.54) is 6.07 Å². The lowest BCUT2D eigenvalue weighted by molar-refractivity contribution is -0.143. The largest absolute Gasteiger partial charge is 0.489 e. The summed E-state index contributed by atoms with van der Waals surface area (Å²) < 4.78 is 30.9. The Hall–Kier alpha value is -3.39. The fourth-order valence-electron chi connectivity index (χ4n) is 3.48. The first-order chi connectivity index (χ1) is 15.9. The second-order valence-corrected chi connectivity index (χ2v) is 8.14. The van der Waals surface area contributed by atoms with Crippen LogP contribution in [0.15, 0.2) is 41.1 Å². The highest BCUT2D eigenvalue weighted by atomic mass is 35.5. The molecule has 0 saturated carbocycles. The fourth-order valence-corrected chi connectivity index (χ4v) is 3.71. The molecule has 0 saturated heterocycles. The van der Waals surface area contributed by atoms with Crippen molar-refractivity contribution in [2.45, 2.75) is 39.7 Å². The molecule has 4 rings (SSSR count). The van der Waals surface area contributed by atoms with Crippen LogP contribution < -0.4 is 4.74 Å². The van der Waals surface area contributed by atoms with E-state index in [2.05, 4.69) is 15.1 Å². The Balaban J connectivity index is 1.58. The van der Waals surface area contributed by atoms with Crippen LogP contribution in [0.1, 0.15) is 32.8 Å². The van der Waals surface area contributed by atoms with Gasteiger partial charge in [0.25, 0.3) is 5.89 Å². The monoisotopic (exact) mass is 471 g/mol. The van der Waals surface area contributed by atoms with Gasteiger partial charge in [0.2, 0.25) is 5.82 Å². The van der Waals surface area contributed by atoms with Crippen molar-refractivity contribution in [2.24, 2.45) is 0 Å². The molecule has 0 aliphatic carbocycles. The molecule has 0 fully saturated rings. The number of benzene rings is 2. The number of carbonyl (C=O) groups is 1. The summed E-state index contributed by atoms with van der Waals surface area (Å²) >= 11 is 6.29. The van der Waals surface area contributed by atoms with Crippen LogP contribution in [0.3, 0.4) is 0 Å². The first kappa shape index (κ1) is 22.8. The first-order valence-electron chi connectivity index (χ1n) is 10.6. The minimum absolute atomic E-state index is 0.0140. The number of aryl methyl sites for hydroxylation is 1. The Morgan fingerprint density at radius 2 is 2.09 bits per heavy atom. The summed E-state index contributed by atoms with van der Waals surface area (Å²) in [6.45, 7) is 5.91. The molecule has 4 aromatic rings. The van der Waals surface area contributed by atoms with Crippen LogP contribution in [0, 0.1) is 5.82 Å². The standard InChI is InChI=1S/C24H23ClFN3O4/c1-4-31-22(30)8-6-15-12-27-20-11-17(19(26)10-16(15)20)23-28-24(33-29-23)14-5-7-21(18(25)9-14)32-13(2)3/h5,7,9-13,27H,4,6,8H2,1-3H3. The number of aromatic amines is 1. The summed E-state index contributed by atoms with van der Waals surface area (Å²) in [7, 11) is 0. The molecule has 7 nitrogen and oxygen atoms in total. The molecule has 172 valence electrons. The van der Waals surface area contributed by atoms with Crippen LogP contribution >= 0.6 is 11.6 Å². The average molecular weight is 472 g/mol. The number of rotatable bonds is 8. The van der Waals surface area contributed by atoms with Gasteiger partial charge in [-0.15, -0.1) is 0 Å². The normalized spacial score (nSPS) is 11.3. The van der Waals surface area contributed by atoms with E-state index in [0.717, 1.165) is 5.56 Å². The zero-order valence-corrected chi connectivity index (χ0v) is 19.2. The molecule has 9 heteroatoms. The maximum absolute atomic E-state index is 15.0. The van der Waals surface area contributed by atoms with Gasteiger partial charge in [0.15, 0.2) is 0 Å². The van der Waals surface area contributed by atoms with Crippen molar-refractivity contribution in [1.29, 1.82) is 0 Å². The number of aromatic nitrogens is 3. The van der Waals surface area contributed by atoms with Crippen molar-refractivity contribution in [2.75, 3.05) is 6.61 Å². The first-order valence-corrected chi connectivity index (χ1v) is 11.0. The van der Waals surface area contributed by atoms with E-state index < -0.39 is 5.82 Å². The number of nitrogens with one attached hydrogen (secondary N) is 1. The van der Waals surface area contributed by atoms with Crippen molar-refractivity contribution in [3.8, 4) is 28.6 Å². The Labute approximate surface area is 194 Å². The SMILES string of the molecule is CCOC(=O)CCc1c[nH]c2cc(-c3noc(-c4ccc(OC(C)C)c(Cl)c4)n3)c(F)cc12. The van der Waals surface area contributed by atoms with Gasteiger partial charge in [-0.2, -0.15) is 4.98 Å². The minimum Gasteiger partial charge on any atom is -0.489 e. The third-order valence-electron chi connectivity index (χ3n) is 4.97. The third-order valence-corrected chi connectivity index (χ3v) is 5.26. The molecule has 2 heterocycles. The van der Waals surface area contributed by atoms with E-state index in [-0.39, 0.29) is 35.8 Å². The molecule has 2 aromatic carbocycles. The Morgan fingerprint density at radius 3 is 2.82 bits per heavy atom. The number of carbonyl (C=O) groups excluding carboxylic acids is 1. The van der Waals surface area contributed by atoms with E-state index >= 15 is 0 Å². The number of hydrogen-bond donors (Lipinski definition) is 1. The van der Waals surface area contributed by atoms with E-state index in [1.54, 1.807) is 37.4 Å². The van der Waals surface area contributed by atoms with Crippen LogP contribution in [-0.4, -0.2) is 33.8 Å². The molecule has 0 amide bonds. The van der Waals surface area contributed by atoms with Crippen molar-refractivity contribution < 1.29 is 23.2 Å². The topological polar surface area (TPSA) is 90.2 Å².